The summed E-state index contributed by atoms with van der Waals surface area (Å²) in [6, 6.07) is 4.73. The molecule has 1 aliphatic heterocycles. The van der Waals surface area contributed by atoms with Crippen molar-refractivity contribution in [1.82, 2.24) is 14.4 Å². The minimum atomic E-state index is -3.51. The van der Waals surface area contributed by atoms with Crippen LogP contribution in [-0.2, 0) is 16.4 Å². The molecule has 0 atom stereocenters. The summed E-state index contributed by atoms with van der Waals surface area (Å²) in [5.41, 5.74) is 0.493. The number of nitrogens with zero attached hydrogens (tertiary/aromatic N) is 3. The predicted molar refractivity (Wildman–Crippen MR) is 88.3 cm³/mol. The molecule has 2 heterocycles. The predicted octanol–water partition coefficient (Wildman–Crippen LogP) is 2.48. The van der Waals surface area contributed by atoms with Gasteiger partial charge in [-0.25, -0.2) is 8.42 Å². The molecular formula is C16H21N3O4S. The van der Waals surface area contributed by atoms with E-state index in [1.807, 2.05) is 6.92 Å². The summed E-state index contributed by atoms with van der Waals surface area (Å²) in [4.78, 5) is 4.55. The van der Waals surface area contributed by atoms with Crippen LogP contribution in [0.2, 0.25) is 0 Å². The van der Waals surface area contributed by atoms with Crippen molar-refractivity contribution in [1.29, 1.82) is 0 Å². The largest absolute Gasteiger partial charge is 0.496 e. The van der Waals surface area contributed by atoms with Gasteiger partial charge in [-0.1, -0.05) is 12.1 Å². The van der Waals surface area contributed by atoms with Crippen molar-refractivity contribution in [3.05, 3.63) is 24.0 Å². The molecule has 1 aromatic heterocycles. The van der Waals surface area contributed by atoms with E-state index in [2.05, 4.69) is 10.1 Å². The van der Waals surface area contributed by atoms with Gasteiger partial charge in [-0.3, -0.25) is 0 Å². The fourth-order valence-corrected chi connectivity index (χ4v) is 4.32. The molecule has 130 valence electrons. The molecule has 7 nitrogen and oxygen atoms in total. The Kier molecular flexibility index (Phi) is 4.86. The Morgan fingerprint density at radius 1 is 1.29 bits per heavy atom. The Morgan fingerprint density at radius 2 is 2.04 bits per heavy atom. The fraction of sp³-hybridized carbons (Fsp3) is 0.500. The molecule has 1 aliphatic rings. The molecule has 0 bridgehead atoms. The zero-order chi connectivity index (χ0) is 17.2. The summed E-state index contributed by atoms with van der Waals surface area (Å²) in [6.45, 7) is 3.15. The van der Waals surface area contributed by atoms with Crippen LogP contribution in [0.15, 0.2) is 27.6 Å². The van der Waals surface area contributed by atoms with E-state index in [1.54, 1.807) is 18.2 Å². The summed E-state index contributed by atoms with van der Waals surface area (Å²) in [5, 5.41) is 3.93. The van der Waals surface area contributed by atoms with Gasteiger partial charge in [0.1, 0.15) is 5.75 Å². The molecule has 0 N–H and O–H groups in total. The number of hydrogen-bond acceptors (Lipinski definition) is 6. The van der Waals surface area contributed by atoms with Crippen LogP contribution in [0.25, 0.3) is 11.5 Å². The highest BCUT2D eigenvalue weighted by Crippen LogP contribution is 2.32. The molecule has 24 heavy (non-hydrogen) atoms. The van der Waals surface area contributed by atoms with Crippen molar-refractivity contribution in [3.63, 3.8) is 0 Å². The standard InChI is InChI=1S/C16H21N3O4S/c1-3-6-15-17-16(23-18-15)13-11-12(7-8-14(13)22-2)24(20,21)19-9-4-5-10-19/h7-8,11H,3-6,9-10H2,1-2H3. The maximum absolute atomic E-state index is 12.7. The van der Waals surface area contributed by atoms with E-state index >= 15 is 0 Å². The van der Waals surface area contributed by atoms with Crippen molar-refractivity contribution < 1.29 is 17.7 Å². The molecule has 8 heteroatoms. The number of ether oxygens (including phenoxy) is 1. The summed E-state index contributed by atoms with van der Waals surface area (Å²) < 4.78 is 37.6. The minimum Gasteiger partial charge on any atom is -0.496 e. The smallest absolute Gasteiger partial charge is 0.261 e. The molecule has 0 amide bonds. The average Bonchev–Trinajstić information content (AvgIpc) is 3.26. The van der Waals surface area contributed by atoms with E-state index in [4.69, 9.17) is 9.26 Å². The number of sulfonamides is 1. The highest BCUT2D eigenvalue weighted by Gasteiger charge is 2.28. The maximum atomic E-state index is 12.7. The molecule has 0 aliphatic carbocycles. The van der Waals surface area contributed by atoms with E-state index < -0.39 is 10.0 Å². The lowest BCUT2D eigenvalue weighted by Gasteiger charge is -2.16. The Balaban J connectivity index is 2.01. The van der Waals surface area contributed by atoms with Gasteiger partial charge < -0.3 is 9.26 Å². The summed E-state index contributed by atoms with van der Waals surface area (Å²) in [7, 11) is -1.99. The van der Waals surface area contributed by atoms with Gasteiger partial charge in [0.05, 0.1) is 17.6 Å². The van der Waals surface area contributed by atoms with E-state index in [1.165, 1.54) is 11.4 Å². The molecule has 0 unspecified atom stereocenters. The lowest BCUT2D eigenvalue weighted by molar-refractivity contribution is 0.402. The maximum Gasteiger partial charge on any atom is 0.261 e. The van der Waals surface area contributed by atoms with Gasteiger partial charge >= 0.3 is 0 Å². The first-order chi connectivity index (χ1) is 11.6. The number of aryl methyl sites for hydroxylation is 1. The Bertz CT molecular complexity index is 810. The number of benzene rings is 1. The summed E-state index contributed by atoms with van der Waals surface area (Å²) >= 11 is 0. The van der Waals surface area contributed by atoms with Crippen LogP contribution in [0.1, 0.15) is 32.0 Å². The van der Waals surface area contributed by atoms with Crippen LogP contribution in [0.5, 0.6) is 5.75 Å². The number of methoxy groups -OCH3 is 1. The van der Waals surface area contributed by atoms with Crippen LogP contribution in [0.4, 0.5) is 0 Å². The Hall–Kier alpha value is -1.93. The number of rotatable bonds is 6. The first kappa shape index (κ1) is 16.9. The normalized spacial score (nSPS) is 15.8. The molecule has 1 aromatic carbocycles. The molecule has 0 spiro atoms. The first-order valence-electron chi connectivity index (χ1n) is 8.07. The van der Waals surface area contributed by atoms with E-state index in [-0.39, 0.29) is 10.8 Å². The lowest BCUT2D eigenvalue weighted by Crippen LogP contribution is -2.27. The quantitative estimate of drug-likeness (QED) is 0.795. The highest BCUT2D eigenvalue weighted by atomic mass is 32.2. The third-order valence-electron chi connectivity index (χ3n) is 4.05. The Morgan fingerprint density at radius 3 is 2.71 bits per heavy atom. The second-order valence-electron chi connectivity index (χ2n) is 5.74. The van der Waals surface area contributed by atoms with Crippen molar-refractivity contribution in [2.45, 2.75) is 37.5 Å². The van der Waals surface area contributed by atoms with Gasteiger partial charge in [0, 0.05) is 19.5 Å². The number of hydrogen-bond donors (Lipinski definition) is 0. The molecule has 3 rings (SSSR count). The van der Waals surface area contributed by atoms with Crippen LogP contribution < -0.4 is 4.74 Å². The van der Waals surface area contributed by atoms with Crippen molar-refractivity contribution in [2.75, 3.05) is 20.2 Å². The van der Waals surface area contributed by atoms with E-state index in [9.17, 15) is 8.42 Å². The van der Waals surface area contributed by atoms with Crippen LogP contribution in [-0.4, -0.2) is 43.1 Å². The monoisotopic (exact) mass is 351 g/mol. The van der Waals surface area contributed by atoms with Gasteiger partial charge in [0.15, 0.2) is 5.82 Å². The van der Waals surface area contributed by atoms with Gasteiger partial charge in [-0.2, -0.15) is 9.29 Å². The van der Waals surface area contributed by atoms with Gasteiger partial charge in [-0.05, 0) is 37.5 Å². The second-order valence-corrected chi connectivity index (χ2v) is 7.68. The first-order valence-corrected chi connectivity index (χ1v) is 9.51. The minimum absolute atomic E-state index is 0.218. The third-order valence-corrected chi connectivity index (χ3v) is 5.94. The van der Waals surface area contributed by atoms with Gasteiger partial charge in [0.25, 0.3) is 5.89 Å². The molecule has 2 aromatic rings. The molecule has 0 radical (unpaired) electrons. The topological polar surface area (TPSA) is 85.5 Å². The van der Waals surface area contributed by atoms with Crippen molar-refractivity contribution >= 4 is 10.0 Å². The lowest BCUT2D eigenvalue weighted by atomic mass is 10.2. The molecule has 1 saturated heterocycles. The van der Waals surface area contributed by atoms with Gasteiger partial charge in [-0.15, -0.1) is 0 Å². The van der Waals surface area contributed by atoms with Crippen molar-refractivity contribution in [2.24, 2.45) is 0 Å². The summed E-state index contributed by atoms with van der Waals surface area (Å²) in [5.74, 6) is 1.37. The van der Waals surface area contributed by atoms with Crippen LogP contribution >= 0.6 is 0 Å². The molecule has 1 fully saturated rings. The summed E-state index contributed by atoms with van der Waals surface area (Å²) in [6.07, 6.45) is 3.40. The molecular weight excluding hydrogens is 330 g/mol. The Labute approximate surface area is 141 Å². The SMILES string of the molecule is CCCc1noc(-c2cc(S(=O)(=O)N3CCCC3)ccc2OC)n1. The van der Waals surface area contributed by atoms with Crippen LogP contribution in [0.3, 0.4) is 0 Å². The molecule has 0 saturated carbocycles. The highest BCUT2D eigenvalue weighted by molar-refractivity contribution is 7.89. The zero-order valence-electron chi connectivity index (χ0n) is 13.9. The van der Waals surface area contributed by atoms with Crippen LogP contribution in [0, 0.1) is 0 Å². The second kappa shape index (κ2) is 6.90. The van der Waals surface area contributed by atoms with E-state index in [0.29, 0.717) is 36.6 Å². The zero-order valence-corrected chi connectivity index (χ0v) is 14.7. The fourth-order valence-electron chi connectivity index (χ4n) is 2.78. The average molecular weight is 351 g/mol. The van der Waals surface area contributed by atoms with Crippen molar-refractivity contribution in [3.8, 4) is 17.2 Å². The third kappa shape index (κ3) is 3.16. The van der Waals surface area contributed by atoms with Gasteiger partial charge in [0.2, 0.25) is 10.0 Å². The van der Waals surface area contributed by atoms with E-state index in [0.717, 1.165) is 19.3 Å². The number of aromatic nitrogens is 2.